The molecule has 7 atom stereocenters. The summed E-state index contributed by atoms with van der Waals surface area (Å²) >= 11 is 0. The van der Waals surface area contributed by atoms with Gasteiger partial charge < -0.3 is 14.2 Å². The van der Waals surface area contributed by atoms with E-state index in [4.69, 9.17) is 14.0 Å². The van der Waals surface area contributed by atoms with Crippen molar-refractivity contribution in [3.8, 4) is 0 Å². The van der Waals surface area contributed by atoms with Crippen molar-refractivity contribution in [2.75, 3.05) is 5.75 Å². The highest BCUT2D eigenvalue weighted by Gasteiger charge is 2.70. The molecule has 3 fully saturated rings. The van der Waals surface area contributed by atoms with Gasteiger partial charge in [0.05, 0.1) is 0 Å². The minimum absolute atomic E-state index is 0.216. The van der Waals surface area contributed by atoms with Crippen LogP contribution in [0.15, 0.2) is 0 Å². The van der Waals surface area contributed by atoms with Gasteiger partial charge in [0, 0.05) is 18.8 Å². The van der Waals surface area contributed by atoms with Crippen molar-refractivity contribution in [3.05, 3.63) is 0 Å². The van der Waals surface area contributed by atoms with Gasteiger partial charge in [0.1, 0.15) is 29.8 Å². The average molecular weight is 416 g/mol. The summed E-state index contributed by atoms with van der Waals surface area (Å²) in [5.41, 5.74) is 0. The van der Waals surface area contributed by atoms with Gasteiger partial charge >= 0.3 is 24.1 Å². The van der Waals surface area contributed by atoms with E-state index in [1.165, 1.54) is 0 Å². The molecule has 9 nitrogen and oxygen atoms in total. The molecule has 0 aromatic heterocycles. The van der Waals surface area contributed by atoms with Crippen LogP contribution in [0.5, 0.6) is 0 Å². The third-order valence-corrected chi connectivity index (χ3v) is 5.83. The molecule has 2 aliphatic carbocycles. The molecule has 3 aliphatic rings. The van der Waals surface area contributed by atoms with E-state index in [0.717, 1.165) is 6.92 Å². The Kier molecular flexibility index (Phi) is 4.65. The number of fused-ring (bicyclic) bond motifs is 1. The molecule has 27 heavy (non-hydrogen) atoms. The van der Waals surface area contributed by atoms with E-state index < -0.39 is 81.9 Å². The number of ether oxygens (including phenoxy) is 3. The third-order valence-electron chi connectivity index (χ3n) is 5.10. The summed E-state index contributed by atoms with van der Waals surface area (Å²) < 4.78 is 83.7. The zero-order valence-electron chi connectivity index (χ0n) is 13.7. The van der Waals surface area contributed by atoms with Crippen molar-refractivity contribution >= 4 is 28.0 Å². The van der Waals surface area contributed by atoms with E-state index >= 15 is 0 Å². The molecule has 1 aliphatic heterocycles. The summed E-state index contributed by atoms with van der Waals surface area (Å²) in [6.45, 7) is 1.09. The van der Waals surface area contributed by atoms with Gasteiger partial charge in [-0.25, -0.2) is 0 Å². The third kappa shape index (κ3) is 3.61. The van der Waals surface area contributed by atoms with E-state index in [2.05, 4.69) is 4.74 Å². The highest BCUT2D eigenvalue weighted by molar-refractivity contribution is 7.85. The van der Waals surface area contributed by atoms with Crippen LogP contribution in [0.4, 0.5) is 13.2 Å². The molecular formula is C14H15F3O9S. The molecule has 0 aromatic carbocycles. The topological polar surface area (TPSA) is 133 Å². The van der Waals surface area contributed by atoms with E-state index in [1.54, 1.807) is 0 Å². The van der Waals surface area contributed by atoms with Crippen molar-refractivity contribution < 1.29 is 54.7 Å². The fraction of sp³-hybridized carbons (Fsp3) is 0.786. The Morgan fingerprint density at radius 1 is 1.33 bits per heavy atom. The van der Waals surface area contributed by atoms with Crippen molar-refractivity contribution in [1.29, 1.82) is 0 Å². The van der Waals surface area contributed by atoms with Gasteiger partial charge in [-0.2, -0.15) is 21.6 Å². The monoisotopic (exact) mass is 416 g/mol. The Balaban J connectivity index is 1.82. The zero-order valence-corrected chi connectivity index (χ0v) is 14.5. The molecule has 3 rings (SSSR count). The molecule has 0 amide bonds. The summed E-state index contributed by atoms with van der Waals surface area (Å²) in [5.74, 6) is -8.12. The van der Waals surface area contributed by atoms with Gasteiger partial charge in [-0.3, -0.25) is 18.9 Å². The van der Waals surface area contributed by atoms with Crippen molar-refractivity contribution in [3.63, 3.8) is 0 Å². The normalized spacial score (nSPS) is 35.7. The molecule has 2 saturated carbocycles. The summed E-state index contributed by atoms with van der Waals surface area (Å²) in [7, 11) is -5.08. The first kappa shape index (κ1) is 19.9. The summed E-state index contributed by atoms with van der Waals surface area (Å²) in [6.07, 6.45) is -10.2. The first-order valence-electron chi connectivity index (χ1n) is 7.89. The van der Waals surface area contributed by atoms with Crippen LogP contribution >= 0.6 is 0 Å². The Morgan fingerprint density at radius 3 is 2.48 bits per heavy atom. The fourth-order valence-corrected chi connectivity index (χ4v) is 4.89. The van der Waals surface area contributed by atoms with Crippen LogP contribution in [0, 0.1) is 23.7 Å². The number of hydrogen-bond acceptors (Lipinski definition) is 8. The van der Waals surface area contributed by atoms with Gasteiger partial charge in [0.2, 0.25) is 6.10 Å². The number of esters is 3. The molecular weight excluding hydrogens is 401 g/mol. The molecule has 0 radical (unpaired) electrons. The van der Waals surface area contributed by atoms with Crippen LogP contribution in [0.3, 0.4) is 0 Å². The van der Waals surface area contributed by atoms with Crippen molar-refractivity contribution in [2.45, 2.75) is 37.8 Å². The number of hydrogen-bond donors (Lipinski definition) is 1. The lowest BCUT2D eigenvalue weighted by atomic mass is 9.80. The first-order chi connectivity index (χ1) is 12.3. The standard InChI is InChI=1S/C14H15F3O9S/c1-4(18)24-10-5-2-6-8(10)13(20)26-11(6)9(5)12(19)25-7(14(15,16)17)3-27(21,22)23/h5-11H,2-3H2,1H3,(H,21,22,23). The molecule has 0 spiro atoms. The van der Waals surface area contributed by atoms with Gasteiger partial charge in [-0.15, -0.1) is 0 Å². The van der Waals surface area contributed by atoms with Crippen LogP contribution in [-0.2, 0) is 38.7 Å². The largest absolute Gasteiger partial charge is 0.461 e. The lowest BCUT2D eigenvalue weighted by molar-refractivity contribution is -0.220. The Labute approximate surface area is 150 Å². The highest BCUT2D eigenvalue weighted by Crippen LogP contribution is 2.58. The maximum Gasteiger partial charge on any atom is 0.426 e. The van der Waals surface area contributed by atoms with E-state index in [1.807, 2.05) is 0 Å². The van der Waals surface area contributed by atoms with Crippen LogP contribution in [0.2, 0.25) is 0 Å². The van der Waals surface area contributed by atoms with Gasteiger partial charge in [0.25, 0.3) is 10.1 Å². The molecule has 1 saturated heterocycles. The second-order valence-corrected chi connectivity index (χ2v) is 8.30. The average Bonchev–Trinajstić information content (AvgIpc) is 3.05. The Morgan fingerprint density at radius 2 is 1.96 bits per heavy atom. The minimum Gasteiger partial charge on any atom is -0.461 e. The highest BCUT2D eigenvalue weighted by atomic mass is 32.2. The lowest BCUT2D eigenvalue weighted by Crippen LogP contribution is -2.46. The van der Waals surface area contributed by atoms with Crippen LogP contribution < -0.4 is 0 Å². The van der Waals surface area contributed by atoms with E-state index in [-0.39, 0.29) is 6.42 Å². The van der Waals surface area contributed by atoms with Gasteiger partial charge in [0.15, 0.2) is 0 Å². The number of carbonyl (C=O) groups excluding carboxylic acids is 3. The first-order valence-corrected chi connectivity index (χ1v) is 9.50. The second-order valence-electron chi connectivity index (χ2n) is 6.81. The number of carbonyl (C=O) groups is 3. The summed E-state index contributed by atoms with van der Waals surface area (Å²) in [5, 5.41) is 0. The Hall–Kier alpha value is -1.89. The number of alkyl halides is 3. The minimum atomic E-state index is -5.24. The predicted octanol–water partition coefficient (Wildman–Crippen LogP) is 0.0875. The van der Waals surface area contributed by atoms with Crippen LogP contribution in [0.1, 0.15) is 13.3 Å². The predicted molar refractivity (Wildman–Crippen MR) is 76.4 cm³/mol. The maximum absolute atomic E-state index is 13.0. The molecule has 1 heterocycles. The molecule has 7 unspecified atom stereocenters. The van der Waals surface area contributed by atoms with Gasteiger partial charge in [-0.05, 0) is 6.42 Å². The zero-order chi connectivity index (χ0) is 20.3. The fourth-order valence-electron chi connectivity index (χ4n) is 4.25. The molecule has 2 bridgehead atoms. The van der Waals surface area contributed by atoms with E-state index in [0.29, 0.717) is 0 Å². The molecule has 13 heteroatoms. The van der Waals surface area contributed by atoms with Gasteiger partial charge in [-0.1, -0.05) is 0 Å². The van der Waals surface area contributed by atoms with Crippen LogP contribution in [0.25, 0.3) is 0 Å². The second kappa shape index (κ2) is 6.33. The quantitative estimate of drug-likeness (QED) is 0.376. The smallest absolute Gasteiger partial charge is 0.426 e. The van der Waals surface area contributed by atoms with E-state index in [9.17, 15) is 36.0 Å². The van der Waals surface area contributed by atoms with Crippen molar-refractivity contribution in [2.24, 2.45) is 23.7 Å². The molecule has 0 aromatic rings. The summed E-state index contributed by atoms with van der Waals surface area (Å²) in [4.78, 5) is 35.6. The number of rotatable bonds is 5. The molecule has 1 N–H and O–H groups in total. The number of halogens is 3. The Bertz CT molecular complexity index is 777. The summed E-state index contributed by atoms with van der Waals surface area (Å²) in [6, 6.07) is 0. The lowest BCUT2D eigenvalue weighted by Gasteiger charge is -2.31. The van der Waals surface area contributed by atoms with Crippen LogP contribution in [-0.4, -0.2) is 61.1 Å². The van der Waals surface area contributed by atoms with Crippen molar-refractivity contribution in [1.82, 2.24) is 0 Å². The maximum atomic E-state index is 13.0. The molecule has 152 valence electrons. The SMILES string of the molecule is CC(=O)OC1C2CC3C(OC(=O)C31)C2C(=O)OC(CS(=O)(=O)O)C(F)(F)F.